The van der Waals surface area contributed by atoms with Crippen molar-refractivity contribution < 1.29 is 60.1 Å². The van der Waals surface area contributed by atoms with Crippen LogP contribution in [0.4, 0.5) is 26.3 Å². The molecule has 4 aromatic rings. The van der Waals surface area contributed by atoms with Crippen LogP contribution in [-0.4, -0.2) is 77.0 Å². The normalized spacial score (nSPS) is 15.9. The molecule has 0 radical (unpaired) electrons. The molecular weight excluding hydrogens is 907 g/mol. The molecule has 1 aromatic heterocycles. The van der Waals surface area contributed by atoms with E-state index in [4.69, 9.17) is 9.47 Å². The summed E-state index contributed by atoms with van der Waals surface area (Å²) in [6.07, 6.45) is -9.17. The fourth-order valence-electron chi connectivity index (χ4n) is 7.23. The van der Waals surface area contributed by atoms with Gasteiger partial charge in [0.1, 0.15) is 30.3 Å². The average Bonchev–Trinajstić information content (AvgIpc) is 3.89. The first-order valence-electron chi connectivity index (χ1n) is 21.0. The first kappa shape index (κ1) is 51.5. The molecule has 1 fully saturated rings. The molecule has 1 aliphatic rings. The number of halogens is 6. The lowest BCUT2D eigenvalue weighted by molar-refractivity contribution is -0.144. The first-order chi connectivity index (χ1) is 31.5. The summed E-state index contributed by atoms with van der Waals surface area (Å²) in [6, 6.07) is 12.7. The Morgan fingerprint density at radius 1 is 0.970 bits per heavy atom. The summed E-state index contributed by atoms with van der Waals surface area (Å²) in [6.45, 7) is 6.68. The number of unbranched alkanes of at least 4 members (excludes halogenated alkanes) is 1. The van der Waals surface area contributed by atoms with Crippen LogP contribution >= 0.6 is 11.3 Å². The minimum absolute atomic E-state index is 0.000150. The number of alkyl halides is 6. The number of methoxy groups -OCH3 is 1. The number of thiazole rings is 1. The summed E-state index contributed by atoms with van der Waals surface area (Å²) in [4.78, 5) is 60.1. The highest BCUT2D eigenvalue weighted by Gasteiger charge is 2.44. The van der Waals surface area contributed by atoms with E-state index in [0.717, 1.165) is 21.7 Å². The van der Waals surface area contributed by atoms with E-state index in [0.29, 0.717) is 18.6 Å². The molecule has 358 valence electrons. The maximum Gasteiger partial charge on any atom is 0.416 e. The van der Waals surface area contributed by atoms with Gasteiger partial charge in [-0.1, -0.05) is 57.2 Å². The lowest BCUT2D eigenvalue weighted by Crippen LogP contribution is -2.57. The fraction of sp³-hybridized carbons (Fsp3) is 0.404. The van der Waals surface area contributed by atoms with E-state index in [2.05, 4.69) is 20.9 Å². The van der Waals surface area contributed by atoms with Gasteiger partial charge in [-0.2, -0.15) is 31.6 Å². The highest BCUT2D eigenvalue weighted by Crippen LogP contribution is 2.39. The van der Waals surface area contributed by atoms with Crippen LogP contribution in [0.25, 0.3) is 16.5 Å². The number of nitriles is 1. The number of hydrogen-bond acceptors (Lipinski definition) is 10. The van der Waals surface area contributed by atoms with Gasteiger partial charge in [0.2, 0.25) is 17.7 Å². The van der Waals surface area contributed by atoms with E-state index >= 15 is 0 Å². The van der Waals surface area contributed by atoms with Crippen LogP contribution in [0.2, 0.25) is 0 Å². The van der Waals surface area contributed by atoms with Gasteiger partial charge in [-0.15, -0.1) is 11.3 Å². The molecular formula is C47H50F6N6O7S. The van der Waals surface area contributed by atoms with Gasteiger partial charge in [-0.05, 0) is 72.2 Å². The van der Waals surface area contributed by atoms with E-state index in [1.165, 1.54) is 47.6 Å². The number of carbonyl (C=O) groups is 4. The van der Waals surface area contributed by atoms with Gasteiger partial charge >= 0.3 is 12.4 Å². The zero-order valence-corrected chi connectivity index (χ0v) is 38.0. The minimum Gasteiger partial charge on any atom is -0.493 e. The third-order valence-electron chi connectivity index (χ3n) is 10.8. The zero-order chi connectivity index (χ0) is 49.3. The van der Waals surface area contributed by atoms with Crippen molar-refractivity contribution in [1.29, 1.82) is 5.26 Å². The highest BCUT2D eigenvalue weighted by molar-refractivity contribution is 7.13. The predicted molar refractivity (Wildman–Crippen MR) is 236 cm³/mol. The van der Waals surface area contributed by atoms with Crippen LogP contribution in [0.15, 0.2) is 71.7 Å². The lowest BCUT2D eigenvalue weighted by Gasteiger charge is -2.35. The average molecular weight is 957 g/mol. The number of likely N-dealkylation sites (tertiary alicyclic amines) is 1. The zero-order valence-electron chi connectivity index (χ0n) is 37.2. The molecule has 4 amide bonds. The standard InChI is InChI=1S/C47H50F6N6O7S/c1-27-40(67-26-57-27)30-12-9-28(10-13-30)23-56-43(63)36-21-34(60)24-59(36)44(64)41(45(2,3)4)58-39(61)8-6-7-17-55-42(62)32(22-54)18-29-11-16-37(38(19-29)65-5)66-25-31-14-15-33(46(48,49)50)20-35(31)47(51,52)53/h9-16,18-20,26,34,36,41,60H,6-8,17,21,23-25H2,1-5H3,(H,55,62)(H,56,63)(H,58,61). The third kappa shape index (κ3) is 13.8. The molecule has 20 heteroatoms. The molecule has 1 saturated heterocycles. The Kier molecular flexibility index (Phi) is 16.8. The number of aromatic nitrogens is 1. The second kappa shape index (κ2) is 21.9. The summed E-state index contributed by atoms with van der Waals surface area (Å²) in [5.74, 6) is -2.19. The number of carbonyl (C=O) groups excluding carboxylic acids is 4. The van der Waals surface area contributed by atoms with Crippen molar-refractivity contribution in [1.82, 2.24) is 25.8 Å². The maximum absolute atomic E-state index is 14.0. The second-order valence-electron chi connectivity index (χ2n) is 16.9. The van der Waals surface area contributed by atoms with Crippen LogP contribution in [0.1, 0.15) is 80.0 Å². The quantitative estimate of drug-likeness (QED) is 0.0356. The number of benzene rings is 3. The van der Waals surface area contributed by atoms with Gasteiger partial charge in [-0.25, -0.2) is 4.98 Å². The Morgan fingerprint density at radius 3 is 2.30 bits per heavy atom. The molecule has 2 heterocycles. The van der Waals surface area contributed by atoms with E-state index in [1.807, 2.05) is 31.2 Å². The van der Waals surface area contributed by atoms with Crippen LogP contribution in [0.3, 0.4) is 0 Å². The molecule has 0 bridgehead atoms. The molecule has 0 saturated carbocycles. The topological polar surface area (TPSA) is 183 Å². The first-order valence-corrected chi connectivity index (χ1v) is 21.9. The summed E-state index contributed by atoms with van der Waals surface area (Å²) < 4.78 is 90.9. The highest BCUT2D eigenvalue weighted by atomic mass is 32.1. The molecule has 0 aliphatic carbocycles. The Bertz CT molecular complexity index is 2500. The number of nitrogens with one attached hydrogen (secondary N) is 3. The van der Waals surface area contributed by atoms with E-state index in [1.54, 1.807) is 32.4 Å². The SMILES string of the molecule is COc1cc(C=C(C#N)C(=O)NCCCCC(=O)NC(C(=O)N2CC(O)CC2C(=O)NCc2ccc(-c3scnc3C)cc2)C(C)(C)C)ccc1OCc1ccc(C(F)(F)F)cc1C(F)(F)F. The number of β-amino-alcohol motifs (C(OH)–C–C–N with tert-alkyl or cyclic N) is 1. The van der Waals surface area contributed by atoms with Gasteiger partial charge in [0.25, 0.3) is 5.91 Å². The number of aliphatic hydroxyl groups is 1. The van der Waals surface area contributed by atoms with Gasteiger partial charge < -0.3 is 35.4 Å². The van der Waals surface area contributed by atoms with Crippen LogP contribution < -0.4 is 25.4 Å². The number of aliphatic hydroxyl groups excluding tert-OH is 1. The second-order valence-corrected chi connectivity index (χ2v) is 17.7. The summed E-state index contributed by atoms with van der Waals surface area (Å²) >= 11 is 1.54. The molecule has 5 rings (SSSR count). The van der Waals surface area contributed by atoms with Gasteiger partial charge in [0, 0.05) is 38.0 Å². The fourth-order valence-corrected chi connectivity index (χ4v) is 8.04. The van der Waals surface area contributed by atoms with Gasteiger partial charge in [0.15, 0.2) is 11.5 Å². The smallest absolute Gasteiger partial charge is 0.416 e. The van der Waals surface area contributed by atoms with E-state index in [-0.39, 0.29) is 67.6 Å². The number of ether oxygens (including phenoxy) is 2. The number of aryl methyl sites for hydroxylation is 1. The van der Waals surface area contributed by atoms with Crippen molar-refractivity contribution in [2.45, 2.75) is 97.1 Å². The Labute approximate surface area is 387 Å². The number of nitrogens with zero attached hydrogens (tertiary/aromatic N) is 3. The van der Waals surface area contributed by atoms with E-state index < -0.39 is 82.9 Å². The molecule has 3 aromatic carbocycles. The van der Waals surface area contributed by atoms with Crippen molar-refractivity contribution in [2.24, 2.45) is 5.41 Å². The Hall–Kier alpha value is -6.46. The van der Waals surface area contributed by atoms with Gasteiger partial charge in [0.05, 0.1) is 40.4 Å². The Balaban J connectivity index is 1.10. The molecule has 0 spiro atoms. The molecule has 3 unspecified atom stereocenters. The van der Waals surface area contributed by atoms with Crippen molar-refractivity contribution in [3.8, 4) is 28.0 Å². The number of rotatable bonds is 17. The molecule has 1 aliphatic heterocycles. The van der Waals surface area contributed by atoms with Crippen LogP contribution in [-0.2, 0) is 44.7 Å². The van der Waals surface area contributed by atoms with Crippen LogP contribution in [0.5, 0.6) is 11.5 Å². The van der Waals surface area contributed by atoms with Crippen LogP contribution in [0, 0.1) is 23.7 Å². The van der Waals surface area contributed by atoms with Crippen molar-refractivity contribution in [3.05, 3.63) is 105 Å². The molecule has 67 heavy (non-hydrogen) atoms. The lowest BCUT2D eigenvalue weighted by atomic mass is 9.85. The molecule has 3 atom stereocenters. The number of amides is 4. The summed E-state index contributed by atoms with van der Waals surface area (Å²) in [5, 5.41) is 28.5. The predicted octanol–water partition coefficient (Wildman–Crippen LogP) is 7.75. The Morgan fingerprint density at radius 2 is 1.69 bits per heavy atom. The largest absolute Gasteiger partial charge is 0.493 e. The number of hydrogen-bond donors (Lipinski definition) is 4. The summed E-state index contributed by atoms with van der Waals surface area (Å²) in [7, 11) is 1.23. The van der Waals surface area contributed by atoms with Crippen molar-refractivity contribution >= 4 is 41.0 Å². The van der Waals surface area contributed by atoms with E-state index in [9.17, 15) is 55.9 Å². The maximum atomic E-state index is 14.0. The van der Waals surface area contributed by atoms with Crippen molar-refractivity contribution in [3.63, 3.8) is 0 Å². The monoisotopic (exact) mass is 956 g/mol. The third-order valence-corrected chi connectivity index (χ3v) is 11.8. The molecule has 13 nitrogen and oxygen atoms in total. The summed E-state index contributed by atoms with van der Waals surface area (Å²) in [5.41, 5.74) is 0.221. The minimum atomic E-state index is -5.09. The van der Waals surface area contributed by atoms with Crippen molar-refractivity contribution in [2.75, 3.05) is 20.2 Å². The van der Waals surface area contributed by atoms with Gasteiger partial charge in [-0.3, -0.25) is 19.2 Å². The molecule has 4 N–H and O–H groups in total.